The SMILES string of the molecule is CCCC[C@H](CC)C(=O)N1CCOCC1. The molecule has 0 saturated carbocycles. The molecule has 0 aromatic carbocycles. The number of hydrogen-bond donors (Lipinski definition) is 0. The van der Waals surface area contributed by atoms with E-state index in [4.69, 9.17) is 4.74 Å². The van der Waals surface area contributed by atoms with Gasteiger partial charge in [0.2, 0.25) is 5.91 Å². The minimum absolute atomic E-state index is 0.239. The van der Waals surface area contributed by atoms with Crippen LogP contribution in [0.1, 0.15) is 39.5 Å². The highest BCUT2D eigenvalue weighted by Crippen LogP contribution is 2.16. The lowest BCUT2D eigenvalue weighted by Gasteiger charge is -2.30. The highest BCUT2D eigenvalue weighted by Gasteiger charge is 2.23. The third kappa shape index (κ3) is 3.82. The summed E-state index contributed by atoms with van der Waals surface area (Å²) in [6.45, 7) is 7.25. The number of unbranched alkanes of at least 4 members (excludes halogenated alkanes) is 1. The molecule has 1 rings (SSSR count). The van der Waals surface area contributed by atoms with Gasteiger partial charge < -0.3 is 9.64 Å². The van der Waals surface area contributed by atoms with Crippen LogP contribution in [-0.4, -0.2) is 37.1 Å². The molecule has 88 valence electrons. The molecule has 15 heavy (non-hydrogen) atoms. The van der Waals surface area contributed by atoms with Gasteiger partial charge in [-0.3, -0.25) is 4.79 Å². The molecule has 1 aliphatic heterocycles. The van der Waals surface area contributed by atoms with Crippen LogP contribution in [0.25, 0.3) is 0 Å². The van der Waals surface area contributed by atoms with Gasteiger partial charge in [0, 0.05) is 19.0 Å². The molecule has 0 aliphatic carbocycles. The van der Waals surface area contributed by atoms with E-state index in [0.29, 0.717) is 19.1 Å². The fourth-order valence-electron chi connectivity index (χ4n) is 1.99. The van der Waals surface area contributed by atoms with Gasteiger partial charge in [-0.15, -0.1) is 0 Å². The summed E-state index contributed by atoms with van der Waals surface area (Å²) in [6, 6.07) is 0. The van der Waals surface area contributed by atoms with Crippen molar-refractivity contribution in [1.82, 2.24) is 4.90 Å². The number of hydrogen-bond acceptors (Lipinski definition) is 2. The molecular weight excluding hydrogens is 190 g/mol. The van der Waals surface area contributed by atoms with Gasteiger partial charge >= 0.3 is 0 Å². The lowest BCUT2D eigenvalue weighted by atomic mass is 9.97. The first kappa shape index (κ1) is 12.5. The van der Waals surface area contributed by atoms with E-state index >= 15 is 0 Å². The zero-order chi connectivity index (χ0) is 11.1. The number of nitrogens with zero attached hydrogens (tertiary/aromatic N) is 1. The number of carbonyl (C=O) groups is 1. The van der Waals surface area contributed by atoms with Gasteiger partial charge in [0.1, 0.15) is 0 Å². The summed E-state index contributed by atoms with van der Waals surface area (Å²) in [6.07, 6.45) is 4.35. The van der Waals surface area contributed by atoms with Crippen molar-refractivity contribution in [2.24, 2.45) is 5.92 Å². The molecule has 0 aromatic heterocycles. The molecule has 1 saturated heterocycles. The Morgan fingerprint density at radius 1 is 1.33 bits per heavy atom. The predicted octanol–water partition coefficient (Wildman–Crippen LogP) is 2.06. The van der Waals surface area contributed by atoms with E-state index in [-0.39, 0.29) is 5.92 Å². The van der Waals surface area contributed by atoms with Crippen molar-refractivity contribution < 1.29 is 9.53 Å². The van der Waals surface area contributed by atoms with Gasteiger partial charge in [-0.1, -0.05) is 26.7 Å². The Morgan fingerprint density at radius 2 is 2.00 bits per heavy atom. The fraction of sp³-hybridized carbons (Fsp3) is 0.917. The minimum Gasteiger partial charge on any atom is -0.378 e. The first-order chi connectivity index (χ1) is 7.29. The maximum absolute atomic E-state index is 12.1. The third-order valence-electron chi connectivity index (χ3n) is 3.07. The topological polar surface area (TPSA) is 29.5 Å². The summed E-state index contributed by atoms with van der Waals surface area (Å²) in [4.78, 5) is 14.1. The first-order valence-electron chi connectivity index (χ1n) is 6.16. The zero-order valence-electron chi connectivity index (χ0n) is 10.00. The van der Waals surface area contributed by atoms with Gasteiger partial charge in [0.05, 0.1) is 13.2 Å². The van der Waals surface area contributed by atoms with Gasteiger partial charge in [-0.05, 0) is 12.8 Å². The van der Waals surface area contributed by atoms with Crippen molar-refractivity contribution in [3.8, 4) is 0 Å². The molecule has 1 aliphatic rings. The summed E-state index contributed by atoms with van der Waals surface area (Å²) >= 11 is 0. The second-order valence-corrected chi connectivity index (χ2v) is 4.19. The van der Waals surface area contributed by atoms with Crippen molar-refractivity contribution in [3.05, 3.63) is 0 Å². The Labute approximate surface area is 92.8 Å². The van der Waals surface area contributed by atoms with Crippen molar-refractivity contribution in [2.45, 2.75) is 39.5 Å². The summed E-state index contributed by atoms with van der Waals surface area (Å²) in [5, 5.41) is 0. The lowest BCUT2D eigenvalue weighted by Crippen LogP contribution is -2.43. The van der Waals surface area contributed by atoms with E-state index in [1.807, 2.05) is 4.90 Å². The Bertz CT molecular complexity index is 188. The number of carbonyl (C=O) groups excluding carboxylic acids is 1. The van der Waals surface area contributed by atoms with Crippen LogP contribution in [0.2, 0.25) is 0 Å². The summed E-state index contributed by atoms with van der Waals surface area (Å²) in [5.41, 5.74) is 0. The van der Waals surface area contributed by atoms with Crippen LogP contribution in [-0.2, 0) is 9.53 Å². The number of ether oxygens (including phenoxy) is 1. The van der Waals surface area contributed by atoms with Crippen LogP contribution in [0, 0.1) is 5.92 Å². The minimum atomic E-state index is 0.239. The summed E-state index contributed by atoms with van der Waals surface area (Å²) in [5.74, 6) is 0.581. The highest BCUT2D eigenvalue weighted by molar-refractivity contribution is 5.78. The molecule has 0 radical (unpaired) electrons. The van der Waals surface area contributed by atoms with Crippen LogP contribution in [0.5, 0.6) is 0 Å². The van der Waals surface area contributed by atoms with E-state index < -0.39 is 0 Å². The van der Waals surface area contributed by atoms with Crippen molar-refractivity contribution in [2.75, 3.05) is 26.3 Å². The molecule has 1 atom stereocenters. The van der Waals surface area contributed by atoms with E-state index in [0.717, 1.165) is 32.4 Å². The monoisotopic (exact) mass is 213 g/mol. The average Bonchev–Trinajstić information content (AvgIpc) is 2.31. The normalized spacial score (nSPS) is 18.9. The Kier molecular flexibility index (Phi) is 5.69. The quantitative estimate of drug-likeness (QED) is 0.699. The molecule has 0 N–H and O–H groups in total. The largest absolute Gasteiger partial charge is 0.378 e. The molecule has 1 amide bonds. The van der Waals surface area contributed by atoms with Crippen LogP contribution in [0.3, 0.4) is 0 Å². The Morgan fingerprint density at radius 3 is 2.53 bits per heavy atom. The Hall–Kier alpha value is -0.570. The molecule has 1 fully saturated rings. The van der Waals surface area contributed by atoms with E-state index in [1.54, 1.807) is 0 Å². The number of morpholine rings is 1. The average molecular weight is 213 g/mol. The first-order valence-corrected chi connectivity index (χ1v) is 6.16. The highest BCUT2D eigenvalue weighted by atomic mass is 16.5. The molecule has 3 nitrogen and oxygen atoms in total. The van der Waals surface area contributed by atoms with Crippen molar-refractivity contribution >= 4 is 5.91 Å². The van der Waals surface area contributed by atoms with Gasteiger partial charge in [-0.25, -0.2) is 0 Å². The van der Waals surface area contributed by atoms with E-state index in [1.165, 1.54) is 6.42 Å². The van der Waals surface area contributed by atoms with Crippen LogP contribution >= 0.6 is 0 Å². The van der Waals surface area contributed by atoms with Gasteiger partial charge in [0.15, 0.2) is 0 Å². The maximum Gasteiger partial charge on any atom is 0.225 e. The third-order valence-corrected chi connectivity index (χ3v) is 3.07. The molecule has 0 bridgehead atoms. The lowest BCUT2D eigenvalue weighted by molar-refractivity contribution is -0.140. The number of rotatable bonds is 5. The van der Waals surface area contributed by atoms with Crippen LogP contribution in [0.4, 0.5) is 0 Å². The fourth-order valence-corrected chi connectivity index (χ4v) is 1.99. The smallest absolute Gasteiger partial charge is 0.225 e. The van der Waals surface area contributed by atoms with Gasteiger partial charge in [-0.2, -0.15) is 0 Å². The predicted molar refractivity (Wildman–Crippen MR) is 60.7 cm³/mol. The molecule has 3 heteroatoms. The maximum atomic E-state index is 12.1. The molecule has 0 unspecified atom stereocenters. The summed E-state index contributed by atoms with van der Waals surface area (Å²) in [7, 11) is 0. The summed E-state index contributed by atoms with van der Waals surface area (Å²) < 4.78 is 5.25. The Balaban J connectivity index is 2.40. The van der Waals surface area contributed by atoms with Gasteiger partial charge in [0.25, 0.3) is 0 Å². The second-order valence-electron chi connectivity index (χ2n) is 4.19. The van der Waals surface area contributed by atoms with Crippen LogP contribution in [0.15, 0.2) is 0 Å². The molecule has 1 heterocycles. The van der Waals surface area contributed by atoms with E-state index in [9.17, 15) is 4.79 Å². The molecule has 0 aromatic rings. The second kappa shape index (κ2) is 6.83. The molecule has 0 spiro atoms. The van der Waals surface area contributed by atoms with Crippen LogP contribution < -0.4 is 0 Å². The standard InChI is InChI=1S/C12H23NO2/c1-3-5-6-11(4-2)12(14)13-7-9-15-10-8-13/h11H,3-10H2,1-2H3/t11-/m0/s1. The zero-order valence-corrected chi connectivity index (χ0v) is 10.00. The molecular formula is C12H23NO2. The van der Waals surface area contributed by atoms with Crippen molar-refractivity contribution in [1.29, 1.82) is 0 Å². The van der Waals surface area contributed by atoms with E-state index in [2.05, 4.69) is 13.8 Å². The number of amides is 1. The van der Waals surface area contributed by atoms with Crippen molar-refractivity contribution in [3.63, 3.8) is 0 Å².